The summed E-state index contributed by atoms with van der Waals surface area (Å²) >= 11 is 0. The first-order valence-electron chi connectivity index (χ1n) is 8.92. The third-order valence-electron chi connectivity index (χ3n) is 4.83. The van der Waals surface area contributed by atoms with Crippen molar-refractivity contribution in [3.05, 3.63) is 29.8 Å². The van der Waals surface area contributed by atoms with Crippen LogP contribution in [-0.4, -0.2) is 57.2 Å². The topological polar surface area (TPSA) is 84.0 Å². The smallest absolute Gasteiger partial charge is 0.338 e. The van der Waals surface area contributed by atoms with Crippen LogP contribution in [0.3, 0.4) is 0 Å². The third-order valence-corrected chi connectivity index (χ3v) is 6.70. The van der Waals surface area contributed by atoms with Gasteiger partial charge in [0.05, 0.1) is 17.0 Å². The maximum Gasteiger partial charge on any atom is 0.338 e. The van der Waals surface area contributed by atoms with Gasteiger partial charge >= 0.3 is 5.97 Å². The monoisotopic (exact) mass is 380 g/mol. The summed E-state index contributed by atoms with van der Waals surface area (Å²) in [6.07, 6.45) is 2.69. The maximum atomic E-state index is 12.2. The number of benzene rings is 1. The van der Waals surface area contributed by atoms with Gasteiger partial charge in [0.15, 0.2) is 6.61 Å². The van der Waals surface area contributed by atoms with Crippen LogP contribution in [-0.2, 0) is 19.6 Å². The summed E-state index contributed by atoms with van der Waals surface area (Å²) < 4.78 is 30.3. The predicted octanol–water partition coefficient (Wildman–Crippen LogP) is 1.64. The Morgan fingerprint density at radius 3 is 2.50 bits per heavy atom. The molecule has 1 aromatic rings. The zero-order valence-electron chi connectivity index (χ0n) is 14.9. The van der Waals surface area contributed by atoms with Crippen molar-refractivity contribution in [2.75, 3.05) is 36.3 Å². The first kappa shape index (κ1) is 18.7. The molecule has 0 saturated carbocycles. The summed E-state index contributed by atoms with van der Waals surface area (Å²) in [6, 6.07) is 6.24. The van der Waals surface area contributed by atoms with E-state index in [9.17, 15) is 18.0 Å². The Bertz CT molecular complexity index is 775. The fourth-order valence-corrected chi connectivity index (χ4v) is 4.98. The molecule has 7 nitrogen and oxygen atoms in total. The zero-order valence-corrected chi connectivity index (χ0v) is 15.7. The Morgan fingerprint density at radius 2 is 1.88 bits per heavy atom. The van der Waals surface area contributed by atoms with E-state index >= 15 is 0 Å². The van der Waals surface area contributed by atoms with Gasteiger partial charge in [-0.15, -0.1) is 0 Å². The van der Waals surface area contributed by atoms with Gasteiger partial charge in [0.1, 0.15) is 0 Å². The van der Waals surface area contributed by atoms with Gasteiger partial charge in [0.25, 0.3) is 5.91 Å². The van der Waals surface area contributed by atoms with E-state index in [4.69, 9.17) is 4.74 Å². The van der Waals surface area contributed by atoms with Crippen molar-refractivity contribution in [3.8, 4) is 0 Å². The van der Waals surface area contributed by atoms with Crippen molar-refractivity contribution in [3.63, 3.8) is 0 Å². The Labute approximate surface area is 154 Å². The van der Waals surface area contributed by atoms with Gasteiger partial charge in [-0.25, -0.2) is 13.2 Å². The van der Waals surface area contributed by atoms with Gasteiger partial charge in [-0.3, -0.25) is 9.10 Å². The number of sulfonamides is 1. The van der Waals surface area contributed by atoms with Crippen LogP contribution in [0.2, 0.25) is 0 Å². The summed E-state index contributed by atoms with van der Waals surface area (Å²) in [7, 11) is -3.24. The minimum atomic E-state index is -3.24. The van der Waals surface area contributed by atoms with E-state index in [1.807, 2.05) is 0 Å². The Morgan fingerprint density at radius 1 is 1.15 bits per heavy atom. The molecule has 0 aliphatic carbocycles. The number of likely N-dealkylation sites (tertiary alicyclic amines) is 1. The molecule has 1 aromatic carbocycles. The van der Waals surface area contributed by atoms with Crippen molar-refractivity contribution in [1.29, 1.82) is 0 Å². The van der Waals surface area contributed by atoms with Gasteiger partial charge in [0, 0.05) is 19.6 Å². The number of hydrogen-bond acceptors (Lipinski definition) is 5. The SMILES string of the molecule is CC1CCCN(C(=O)COC(=O)c2ccc(N3CCCS3(=O)=O)cc2)C1. The molecule has 8 heteroatoms. The number of ether oxygens (including phenoxy) is 1. The number of anilines is 1. The maximum absolute atomic E-state index is 12.2. The number of esters is 1. The highest BCUT2D eigenvalue weighted by Crippen LogP contribution is 2.24. The average Bonchev–Trinajstić information content (AvgIpc) is 2.98. The van der Waals surface area contributed by atoms with Crippen LogP contribution < -0.4 is 4.31 Å². The molecule has 0 spiro atoms. The molecular weight excluding hydrogens is 356 g/mol. The fourth-order valence-electron chi connectivity index (χ4n) is 3.41. The van der Waals surface area contributed by atoms with E-state index in [1.54, 1.807) is 17.0 Å². The molecule has 142 valence electrons. The number of amides is 1. The van der Waals surface area contributed by atoms with E-state index in [2.05, 4.69) is 6.92 Å². The van der Waals surface area contributed by atoms with Crippen molar-refractivity contribution in [1.82, 2.24) is 4.90 Å². The van der Waals surface area contributed by atoms with Crippen LogP contribution in [0.5, 0.6) is 0 Å². The standard InChI is InChI=1S/C18H24N2O5S/c1-14-4-2-9-19(12-14)17(21)13-25-18(22)15-5-7-16(8-6-15)20-10-3-11-26(20,23)24/h5-8,14H,2-4,9-13H2,1H3. The molecule has 2 heterocycles. The molecule has 2 fully saturated rings. The lowest BCUT2D eigenvalue weighted by molar-refractivity contribution is -0.136. The van der Waals surface area contributed by atoms with E-state index in [0.29, 0.717) is 43.2 Å². The van der Waals surface area contributed by atoms with Gasteiger partial charge in [-0.2, -0.15) is 0 Å². The molecule has 2 aliphatic rings. The lowest BCUT2D eigenvalue weighted by atomic mass is 10.0. The highest BCUT2D eigenvalue weighted by Gasteiger charge is 2.28. The number of piperidine rings is 1. The molecule has 0 N–H and O–H groups in total. The molecule has 0 aromatic heterocycles. The molecule has 0 radical (unpaired) electrons. The van der Waals surface area contributed by atoms with Gasteiger partial charge in [-0.1, -0.05) is 6.92 Å². The number of carbonyl (C=O) groups is 2. The van der Waals surface area contributed by atoms with Gasteiger partial charge < -0.3 is 9.64 Å². The Kier molecular flexibility index (Phi) is 5.50. The Balaban J connectivity index is 1.56. The van der Waals surface area contributed by atoms with Crippen LogP contribution in [0.1, 0.15) is 36.5 Å². The van der Waals surface area contributed by atoms with Crippen LogP contribution in [0.25, 0.3) is 0 Å². The summed E-state index contributed by atoms with van der Waals surface area (Å²) in [5.74, 6) is -0.143. The zero-order chi connectivity index (χ0) is 18.7. The van der Waals surface area contributed by atoms with Crippen molar-refractivity contribution in [2.45, 2.75) is 26.2 Å². The van der Waals surface area contributed by atoms with E-state index in [-0.39, 0.29) is 18.3 Å². The summed E-state index contributed by atoms with van der Waals surface area (Å²) in [6.45, 7) is 3.70. The van der Waals surface area contributed by atoms with Crippen LogP contribution in [0.15, 0.2) is 24.3 Å². The van der Waals surface area contributed by atoms with E-state index in [0.717, 1.165) is 12.8 Å². The molecule has 1 atom stereocenters. The number of rotatable bonds is 4. The lowest BCUT2D eigenvalue weighted by Crippen LogP contribution is -2.41. The molecular formula is C18H24N2O5S. The minimum absolute atomic E-state index is 0.147. The summed E-state index contributed by atoms with van der Waals surface area (Å²) in [5.41, 5.74) is 0.836. The number of hydrogen-bond donors (Lipinski definition) is 0. The number of carbonyl (C=O) groups excluding carboxylic acids is 2. The second-order valence-electron chi connectivity index (χ2n) is 6.95. The second kappa shape index (κ2) is 7.65. The first-order valence-corrected chi connectivity index (χ1v) is 10.5. The highest BCUT2D eigenvalue weighted by molar-refractivity contribution is 7.93. The summed E-state index contributed by atoms with van der Waals surface area (Å²) in [4.78, 5) is 26.0. The average molecular weight is 380 g/mol. The molecule has 26 heavy (non-hydrogen) atoms. The molecule has 0 bridgehead atoms. The largest absolute Gasteiger partial charge is 0.452 e. The molecule has 1 unspecified atom stereocenters. The fraction of sp³-hybridized carbons (Fsp3) is 0.556. The van der Waals surface area contributed by atoms with E-state index in [1.165, 1.54) is 16.4 Å². The normalized spacial score (nSPS) is 22.3. The summed E-state index contributed by atoms with van der Waals surface area (Å²) in [5, 5.41) is 0. The Hall–Kier alpha value is -2.09. The predicted molar refractivity (Wildman–Crippen MR) is 97.5 cm³/mol. The minimum Gasteiger partial charge on any atom is -0.452 e. The van der Waals surface area contributed by atoms with Crippen molar-refractivity contribution >= 4 is 27.6 Å². The third kappa shape index (κ3) is 4.17. The quantitative estimate of drug-likeness (QED) is 0.742. The van der Waals surface area contributed by atoms with Crippen LogP contribution >= 0.6 is 0 Å². The van der Waals surface area contributed by atoms with Crippen molar-refractivity contribution < 1.29 is 22.7 Å². The van der Waals surface area contributed by atoms with E-state index < -0.39 is 16.0 Å². The van der Waals surface area contributed by atoms with Gasteiger partial charge in [0.2, 0.25) is 10.0 Å². The molecule has 3 rings (SSSR count). The van der Waals surface area contributed by atoms with Gasteiger partial charge in [-0.05, 0) is 49.4 Å². The second-order valence-corrected chi connectivity index (χ2v) is 8.96. The highest BCUT2D eigenvalue weighted by atomic mass is 32.2. The molecule has 2 saturated heterocycles. The molecule has 2 aliphatic heterocycles. The van der Waals surface area contributed by atoms with Crippen LogP contribution in [0.4, 0.5) is 5.69 Å². The molecule has 1 amide bonds. The lowest BCUT2D eigenvalue weighted by Gasteiger charge is -2.30. The number of nitrogens with zero attached hydrogens (tertiary/aromatic N) is 2. The van der Waals surface area contributed by atoms with Crippen molar-refractivity contribution in [2.24, 2.45) is 5.92 Å². The van der Waals surface area contributed by atoms with Crippen LogP contribution in [0, 0.1) is 5.92 Å². The first-order chi connectivity index (χ1) is 12.4.